The van der Waals surface area contributed by atoms with E-state index in [4.69, 9.17) is 5.73 Å². The van der Waals surface area contributed by atoms with Gasteiger partial charge in [0.1, 0.15) is 0 Å². The van der Waals surface area contributed by atoms with Crippen LogP contribution in [0.4, 0.5) is 0 Å². The minimum absolute atomic E-state index is 0.801. The standard InChI is InChI=1S/C11H22N2/c1-3-5-11(12)13-8-10-7-4-6-9(10)2/h9-10H,3-8H2,1-2H3,(H2,12,13). The summed E-state index contributed by atoms with van der Waals surface area (Å²) in [4.78, 5) is 4.44. The van der Waals surface area contributed by atoms with Crippen LogP contribution >= 0.6 is 0 Å². The maximum absolute atomic E-state index is 5.76. The first-order valence-electron chi connectivity index (χ1n) is 5.52. The molecule has 1 aliphatic rings. The third-order valence-electron chi connectivity index (χ3n) is 3.07. The SMILES string of the molecule is CCCC(N)=NCC1CCCC1C. The highest BCUT2D eigenvalue weighted by atomic mass is 14.9. The summed E-state index contributed by atoms with van der Waals surface area (Å²) >= 11 is 0. The second kappa shape index (κ2) is 5.25. The van der Waals surface area contributed by atoms with Gasteiger partial charge >= 0.3 is 0 Å². The van der Waals surface area contributed by atoms with E-state index in [1.54, 1.807) is 0 Å². The van der Waals surface area contributed by atoms with E-state index in [2.05, 4.69) is 18.8 Å². The molecule has 2 unspecified atom stereocenters. The maximum atomic E-state index is 5.76. The number of rotatable bonds is 4. The molecule has 0 aromatic carbocycles. The van der Waals surface area contributed by atoms with Crippen LogP contribution in [0.5, 0.6) is 0 Å². The van der Waals surface area contributed by atoms with Gasteiger partial charge in [-0.2, -0.15) is 0 Å². The van der Waals surface area contributed by atoms with Gasteiger partial charge in [0.15, 0.2) is 0 Å². The molecule has 0 amide bonds. The Morgan fingerprint density at radius 1 is 1.46 bits per heavy atom. The van der Waals surface area contributed by atoms with Crippen molar-refractivity contribution in [3.05, 3.63) is 0 Å². The van der Waals surface area contributed by atoms with E-state index in [0.717, 1.165) is 37.1 Å². The largest absolute Gasteiger partial charge is 0.387 e. The highest BCUT2D eigenvalue weighted by molar-refractivity contribution is 5.80. The number of amidine groups is 1. The van der Waals surface area contributed by atoms with Crippen LogP contribution in [0.3, 0.4) is 0 Å². The Bertz CT molecular complexity index is 175. The molecular formula is C11H22N2. The minimum Gasteiger partial charge on any atom is -0.387 e. The lowest BCUT2D eigenvalue weighted by atomic mass is 9.98. The Balaban J connectivity index is 2.27. The molecule has 2 heteroatoms. The predicted molar refractivity (Wildman–Crippen MR) is 57.9 cm³/mol. The van der Waals surface area contributed by atoms with E-state index in [1.165, 1.54) is 19.3 Å². The van der Waals surface area contributed by atoms with Gasteiger partial charge in [0.25, 0.3) is 0 Å². The first kappa shape index (κ1) is 10.6. The van der Waals surface area contributed by atoms with Gasteiger partial charge in [-0.1, -0.05) is 26.7 Å². The van der Waals surface area contributed by atoms with Crippen molar-refractivity contribution in [2.45, 2.75) is 46.0 Å². The van der Waals surface area contributed by atoms with Crippen LogP contribution in [0, 0.1) is 11.8 Å². The van der Waals surface area contributed by atoms with E-state index in [0.29, 0.717) is 0 Å². The minimum atomic E-state index is 0.801. The third kappa shape index (κ3) is 3.37. The van der Waals surface area contributed by atoms with Crippen molar-refractivity contribution in [3.63, 3.8) is 0 Å². The fourth-order valence-corrected chi connectivity index (χ4v) is 2.06. The normalized spacial score (nSPS) is 29.5. The molecule has 0 aliphatic heterocycles. The van der Waals surface area contributed by atoms with Crippen molar-refractivity contribution in [2.24, 2.45) is 22.6 Å². The number of aliphatic imine (C=N–C) groups is 1. The Hall–Kier alpha value is -0.530. The quantitative estimate of drug-likeness (QED) is 0.526. The van der Waals surface area contributed by atoms with Crippen molar-refractivity contribution >= 4 is 5.84 Å². The van der Waals surface area contributed by atoms with Gasteiger partial charge in [0.05, 0.1) is 5.84 Å². The first-order chi connectivity index (χ1) is 6.24. The Morgan fingerprint density at radius 3 is 2.77 bits per heavy atom. The number of hydrogen-bond donors (Lipinski definition) is 1. The predicted octanol–water partition coefficient (Wildman–Crippen LogP) is 2.58. The number of nitrogens with two attached hydrogens (primary N) is 1. The summed E-state index contributed by atoms with van der Waals surface area (Å²) < 4.78 is 0. The zero-order valence-electron chi connectivity index (χ0n) is 8.92. The molecule has 0 aromatic heterocycles. The zero-order chi connectivity index (χ0) is 9.68. The van der Waals surface area contributed by atoms with E-state index in [1.807, 2.05) is 0 Å². The van der Waals surface area contributed by atoms with Crippen molar-refractivity contribution in [3.8, 4) is 0 Å². The third-order valence-corrected chi connectivity index (χ3v) is 3.07. The van der Waals surface area contributed by atoms with Crippen LogP contribution < -0.4 is 5.73 Å². The van der Waals surface area contributed by atoms with E-state index >= 15 is 0 Å². The monoisotopic (exact) mass is 182 g/mol. The molecule has 2 N–H and O–H groups in total. The highest BCUT2D eigenvalue weighted by Gasteiger charge is 2.22. The summed E-state index contributed by atoms with van der Waals surface area (Å²) in [6, 6.07) is 0. The van der Waals surface area contributed by atoms with Gasteiger partial charge in [-0.25, -0.2) is 0 Å². The first-order valence-corrected chi connectivity index (χ1v) is 5.52. The van der Waals surface area contributed by atoms with Crippen LogP contribution in [0.2, 0.25) is 0 Å². The molecule has 1 aliphatic carbocycles. The van der Waals surface area contributed by atoms with E-state index in [9.17, 15) is 0 Å². The van der Waals surface area contributed by atoms with Gasteiger partial charge in [-0.15, -0.1) is 0 Å². The lowest BCUT2D eigenvalue weighted by Crippen LogP contribution is -2.15. The average molecular weight is 182 g/mol. The van der Waals surface area contributed by atoms with Gasteiger partial charge in [0.2, 0.25) is 0 Å². The van der Waals surface area contributed by atoms with E-state index < -0.39 is 0 Å². The molecule has 0 spiro atoms. The molecule has 1 rings (SSSR count). The van der Waals surface area contributed by atoms with Gasteiger partial charge in [-0.3, -0.25) is 4.99 Å². The van der Waals surface area contributed by atoms with Gasteiger partial charge in [-0.05, 0) is 24.7 Å². The Morgan fingerprint density at radius 2 is 2.23 bits per heavy atom. The molecule has 2 nitrogen and oxygen atoms in total. The molecule has 76 valence electrons. The molecule has 1 fully saturated rings. The maximum Gasteiger partial charge on any atom is 0.0937 e. The van der Waals surface area contributed by atoms with Crippen molar-refractivity contribution in [2.75, 3.05) is 6.54 Å². The summed E-state index contributed by atoms with van der Waals surface area (Å²) in [6.07, 6.45) is 6.18. The lowest BCUT2D eigenvalue weighted by molar-refractivity contribution is 0.430. The van der Waals surface area contributed by atoms with Crippen molar-refractivity contribution < 1.29 is 0 Å². The van der Waals surface area contributed by atoms with Crippen molar-refractivity contribution in [1.82, 2.24) is 0 Å². The molecule has 0 bridgehead atoms. The summed E-state index contributed by atoms with van der Waals surface area (Å²) in [6.45, 7) is 5.44. The summed E-state index contributed by atoms with van der Waals surface area (Å²) in [5.74, 6) is 2.51. The highest BCUT2D eigenvalue weighted by Crippen LogP contribution is 2.31. The fraction of sp³-hybridized carbons (Fsp3) is 0.909. The molecule has 0 heterocycles. The smallest absolute Gasteiger partial charge is 0.0937 e. The van der Waals surface area contributed by atoms with Crippen LogP contribution in [0.1, 0.15) is 46.0 Å². The van der Waals surface area contributed by atoms with Crippen LogP contribution in [0.15, 0.2) is 4.99 Å². The molecule has 1 saturated carbocycles. The topological polar surface area (TPSA) is 38.4 Å². The van der Waals surface area contributed by atoms with Crippen LogP contribution in [-0.2, 0) is 0 Å². The van der Waals surface area contributed by atoms with Crippen LogP contribution in [-0.4, -0.2) is 12.4 Å². The second-order valence-corrected chi connectivity index (χ2v) is 4.25. The molecule has 0 aromatic rings. The molecule has 13 heavy (non-hydrogen) atoms. The molecule has 2 atom stereocenters. The van der Waals surface area contributed by atoms with Crippen molar-refractivity contribution in [1.29, 1.82) is 0 Å². The summed E-state index contributed by atoms with van der Waals surface area (Å²) in [5.41, 5.74) is 5.76. The van der Waals surface area contributed by atoms with E-state index in [-0.39, 0.29) is 0 Å². The number of hydrogen-bond acceptors (Lipinski definition) is 1. The van der Waals surface area contributed by atoms with Crippen LogP contribution in [0.25, 0.3) is 0 Å². The second-order valence-electron chi connectivity index (χ2n) is 4.25. The van der Waals surface area contributed by atoms with Gasteiger partial charge < -0.3 is 5.73 Å². The molecule has 0 saturated heterocycles. The fourth-order valence-electron chi connectivity index (χ4n) is 2.06. The zero-order valence-corrected chi connectivity index (χ0v) is 8.92. The number of nitrogens with zero attached hydrogens (tertiary/aromatic N) is 1. The lowest BCUT2D eigenvalue weighted by Gasteiger charge is -2.12. The summed E-state index contributed by atoms with van der Waals surface area (Å²) in [7, 11) is 0. The molecule has 0 radical (unpaired) electrons. The Labute approximate surface area is 81.6 Å². The summed E-state index contributed by atoms with van der Waals surface area (Å²) in [5, 5.41) is 0. The Kier molecular flexibility index (Phi) is 4.26. The molecular weight excluding hydrogens is 160 g/mol. The average Bonchev–Trinajstić information content (AvgIpc) is 2.48. The van der Waals surface area contributed by atoms with Gasteiger partial charge in [0, 0.05) is 13.0 Å².